The van der Waals surface area contributed by atoms with Crippen LogP contribution >= 0.6 is 0 Å². The van der Waals surface area contributed by atoms with Crippen molar-refractivity contribution >= 4 is 17.8 Å². The molecule has 2 saturated heterocycles. The van der Waals surface area contributed by atoms with Crippen molar-refractivity contribution in [3.05, 3.63) is 29.8 Å². The predicted octanol–water partition coefficient (Wildman–Crippen LogP) is 0.356. The second-order valence-corrected chi connectivity index (χ2v) is 6.51. The average Bonchev–Trinajstić information content (AvgIpc) is 3.02. The molecule has 26 heavy (non-hydrogen) atoms. The first kappa shape index (κ1) is 18.2. The number of morpholine rings is 1. The molecule has 3 rings (SSSR count). The Morgan fingerprint density at radius 2 is 2.00 bits per heavy atom. The molecular formula is C18H22N2O6. The highest BCUT2D eigenvalue weighted by Crippen LogP contribution is 2.24. The Bertz CT molecular complexity index is 689. The summed E-state index contributed by atoms with van der Waals surface area (Å²) in [5, 5.41) is 9.05. The van der Waals surface area contributed by atoms with Gasteiger partial charge in [-0.2, -0.15) is 0 Å². The van der Waals surface area contributed by atoms with E-state index in [-0.39, 0.29) is 31.4 Å². The SMILES string of the molecule is COc1ccc(CN2C[C@@H](C(=O)N3CCO[C@@H](C(=O)O)C3)CC2=O)cc1. The molecule has 2 aliphatic rings. The number of hydrogen-bond acceptors (Lipinski definition) is 5. The van der Waals surface area contributed by atoms with E-state index in [9.17, 15) is 14.4 Å². The Kier molecular flexibility index (Phi) is 5.41. The lowest BCUT2D eigenvalue weighted by Crippen LogP contribution is -2.50. The maximum absolute atomic E-state index is 12.7. The summed E-state index contributed by atoms with van der Waals surface area (Å²) in [6.07, 6.45) is -0.843. The first-order valence-electron chi connectivity index (χ1n) is 8.52. The van der Waals surface area contributed by atoms with Crippen molar-refractivity contribution in [3.63, 3.8) is 0 Å². The maximum atomic E-state index is 12.7. The van der Waals surface area contributed by atoms with Crippen LogP contribution in [0, 0.1) is 5.92 Å². The van der Waals surface area contributed by atoms with Crippen LogP contribution in [0.15, 0.2) is 24.3 Å². The van der Waals surface area contributed by atoms with E-state index in [1.165, 1.54) is 4.90 Å². The Balaban J connectivity index is 1.59. The summed E-state index contributed by atoms with van der Waals surface area (Å²) in [5.74, 6) is -1.01. The monoisotopic (exact) mass is 362 g/mol. The molecule has 1 aromatic rings. The lowest BCUT2D eigenvalue weighted by Gasteiger charge is -2.32. The van der Waals surface area contributed by atoms with Gasteiger partial charge in [-0.25, -0.2) is 4.79 Å². The van der Waals surface area contributed by atoms with Crippen molar-refractivity contribution < 1.29 is 29.0 Å². The van der Waals surface area contributed by atoms with Gasteiger partial charge in [-0.15, -0.1) is 0 Å². The number of carboxylic acid groups (broad SMARTS) is 1. The second kappa shape index (κ2) is 7.74. The Labute approximate surface area is 151 Å². The van der Waals surface area contributed by atoms with Crippen molar-refractivity contribution in [1.29, 1.82) is 0 Å². The molecule has 2 amide bonds. The molecule has 0 aliphatic carbocycles. The molecule has 1 N–H and O–H groups in total. The van der Waals surface area contributed by atoms with Gasteiger partial charge in [0.25, 0.3) is 0 Å². The topological polar surface area (TPSA) is 96.4 Å². The molecular weight excluding hydrogens is 340 g/mol. The molecule has 0 bridgehead atoms. The van der Waals surface area contributed by atoms with Crippen LogP contribution in [0.1, 0.15) is 12.0 Å². The van der Waals surface area contributed by atoms with Gasteiger partial charge in [0.05, 0.1) is 26.2 Å². The van der Waals surface area contributed by atoms with Gasteiger partial charge in [-0.3, -0.25) is 9.59 Å². The Morgan fingerprint density at radius 3 is 2.65 bits per heavy atom. The highest BCUT2D eigenvalue weighted by molar-refractivity contribution is 5.89. The van der Waals surface area contributed by atoms with Gasteiger partial charge in [0.15, 0.2) is 6.10 Å². The number of carbonyl (C=O) groups excluding carboxylic acids is 2. The molecule has 140 valence electrons. The summed E-state index contributed by atoms with van der Waals surface area (Å²) < 4.78 is 10.3. The van der Waals surface area contributed by atoms with Crippen molar-refractivity contribution in [2.75, 3.05) is 33.4 Å². The summed E-state index contributed by atoms with van der Waals surface area (Å²) in [5.41, 5.74) is 0.963. The largest absolute Gasteiger partial charge is 0.497 e. The predicted molar refractivity (Wildman–Crippen MR) is 90.5 cm³/mol. The van der Waals surface area contributed by atoms with E-state index in [1.807, 2.05) is 24.3 Å². The van der Waals surface area contributed by atoms with Crippen LogP contribution in [0.5, 0.6) is 5.75 Å². The molecule has 0 radical (unpaired) electrons. The summed E-state index contributed by atoms with van der Waals surface area (Å²) in [4.78, 5) is 39.2. The number of hydrogen-bond donors (Lipinski definition) is 1. The molecule has 0 unspecified atom stereocenters. The van der Waals surface area contributed by atoms with Crippen LogP contribution in [0.4, 0.5) is 0 Å². The lowest BCUT2D eigenvalue weighted by atomic mass is 10.1. The summed E-state index contributed by atoms with van der Waals surface area (Å²) in [6, 6.07) is 7.44. The zero-order chi connectivity index (χ0) is 18.7. The van der Waals surface area contributed by atoms with Gasteiger partial charge in [0.2, 0.25) is 11.8 Å². The molecule has 2 fully saturated rings. The van der Waals surface area contributed by atoms with E-state index in [4.69, 9.17) is 14.6 Å². The van der Waals surface area contributed by atoms with Crippen LogP contribution in [0.25, 0.3) is 0 Å². The second-order valence-electron chi connectivity index (χ2n) is 6.51. The van der Waals surface area contributed by atoms with Crippen molar-refractivity contribution in [3.8, 4) is 5.75 Å². The zero-order valence-corrected chi connectivity index (χ0v) is 14.6. The first-order chi connectivity index (χ1) is 12.5. The minimum Gasteiger partial charge on any atom is -0.497 e. The third-order valence-electron chi connectivity index (χ3n) is 4.75. The molecule has 0 aromatic heterocycles. The molecule has 2 aliphatic heterocycles. The van der Waals surface area contributed by atoms with Gasteiger partial charge in [0, 0.05) is 26.1 Å². The van der Waals surface area contributed by atoms with Gasteiger partial charge >= 0.3 is 5.97 Å². The number of carbonyl (C=O) groups is 3. The Morgan fingerprint density at radius 1 is 1.27 bits per heavy atom. The van der Waals surface area contributed by atoms with E-state index in [2.05, 4.69) is 0 Å². The number of methoxy groups -OCH3 is 1. The van der Waals surface area contributed by atoms with Crippen LogP contribution in [0.3, 0.4) is 0 Å². The van der Waals surface area contributed by atoms with Crippen molar-refractivity contribution in [2.45, 2.75) is 19.1 Å². The molecule has 0 spiro atoms. The van der Waals surface area contributed by atoms with Gasteiger partial charge in [-0.05, 0) is 17.7 Å². The van der Waals surface area contributed by atoms with Gasteiger partial charge < -0.3 is 24.4 Å². The fourth-order valence-electron chi connectivity index (χ4n) is 3.30. The normalized spacial score (nSPS) is 23.2. The fraction of sp³-hybridized carbons (Fsp3) is 0.500. The number of likely N-dealkylation sites (tertiary alicyclic amines) is 1. The minimum absolute atomic E-state index is 0.0251. The average molecular weight is 362 g/mol. The Hall–Kier alpha value is -2.61. The van der Waals surface area contributed by atoms with Crippen molar-refractivity contribution in [1.82, 2.24) is 9.80 Å². The molecule has 8 heteroatoms. The molecule has 8 nitrogen and oxygen atoms in total. The third-order valence-corrected chi connectivity index (χ3v) is 4.75. The third kappa shape index (κ3) is 3.96. The van der Waals surface area contributed by atoms with Gasteiger partial charge in [0.1, 0.15) is 5.75 Å². The summed E-state index contributed by atoms with van der Waals surface area (Å²) >= 11 is 0. The highest BCUT2D eigenvalue weighted by atomic mass is 16.5. The quantitative estimate of drug-likeness (QED) is 0.812. The van der Waals surface area contributed by atoms with E-state index >= 15 is 0 Å². The van der Waals surface area contributed by atoms with E-state index in [0.717, 1.165) is 11.3 Å². The van der Waals surface area contributed by atoms with E-state index < -0.39 is 18.0 Å². The number of nitrogens with zero attached hydrogens (tertiary/aromatic N) is 2. The summed E-state index contributed by atoms with van der Waals surface area (Å²) in [6.45, 7) is 1.36. The van der Waals surface area contributed by atoms with Crippen LogP contribution in [-0.2, 0) is 25.7 Å². The number of aliphatic carboxylic acids is 1. The number of benzene rings is 1. The lowest BCUT2D eigenvalue weighted by molar-refractivity contribution is -0.160. The van der Waals surface area contributed by atoms with Crippen molar-refractivity contribution in [2.24, 2.45) is 5.92 Å². The van der Waals surface area contributed by atoms with E-state index in [0.29, 0.717) is 19.6 Å². The summed E-state index contributed by atoms with van der Waals surface area (Å²) in [7, 11) is 1.59. The molecule has 1 aromatic carbocycles. The van der Waals surface area contributed by atoms with E-state index in [1.54, 1.807) is 12.0 Å². The maximum Gasteiger partial charge on any atom is 0.334 e. The number of carboxylic acids is 1. The molecule has 0 saturated carbocycles. The minimum atomic E-state index is -1.08. The smallest absolute Gasteiger partial charge is 0.334 e. The molecule has 2 atom stereocenters. The highest BCUT2D eigenvalue weighted by Gasteiger charge is 2.38. The number of rotatable bonds is 5. The van der Waals surface area contributed by atoms with Crippen LogP contribution < -0.4 is 4.74 Å². The fourth-order valence-corrected chi connectivity index (χ4v) is 3.30. The van der Waals surface area contributed by atoms with Crippen LogP contribution in [-0.4, -0.2) is 72.1 Å². The standard InChI is InChI=1S/C18H22N2O6/c1-25-14-4-2-12(3-5-14)9-20-10-13(8-16(20)21)17(22)19-6-7-26-15(11-19)18(23)24/h2-5,13,15H,6-11H2,1H3,(H,23,24)/t13-,15+/m0/s1. The number of amides is 2. The zero-order valence-electron chi connectivity index (χ0n) is 14.6. The number of ether oxygens (including phenoxy) is 2. The van der Waals surface area contributed by atoms with Gasteiger partial charge in [-0.1, -0.05) is 12.1 Å². The molecule has 2 heterocycles. The van der Waals surface area contributed by atoms with Crippen LogP contribution in [0.2, 0.25) is 0 Å². The first-order valence-corrected chi connectivity index (χ1v) is 8.52.